The molecular weight excluding hydrogens is 360 g/mol. The van der Waals surface area contributed by atoms with Gasteiger partial charge >= 0.3 is 11.7 Å². The fourth-order valence-corrected chi connectivity index (χ4v) is 2.84. The third-order valence-corrected chi connectivity index (χ3v) is 4.40. The second-order valence-electron chi connectivity index (χ2n) is 7.30. The first-order chi connectivity index (χ1) is 12.1. The summed E-state index contributed by atoms with van der Waals surface area (Å²) in [6, 6.07) is 0. The van der Waals surface area contributed by atoms with Crippen LogP contribution in [0.2, 0.25) is 0 Å². The van der Waals surface area contributed by atoms with E-state index in [1.165, 1.54) is 22.5 Å². The molecule has 8 nitrogen and oxygen atoms in total. The van der Waals surface area contributed by atoms with Crippen molar-refractivity contribution in [1.82, 2.24) is 9.55 Å². The number of ether oxygens (including phenoxy) is 3. The third kappa shape index (κ3) is 4.99. The number of aromatic nitrogens is 2. The van der Waals surface area contributed by atoms with Crippen LogP contribution >= 0.6 is 11.8 Å². The topological polar surface area (TPSA) is 99.6 Å². The van der Waals surface area contributed by atoms with Crippen molar-refractivity contribution in [3.63, 3.8) is 0 Å². The molecule has 2 heterocycles. The molecule has 1 fully saturated rings. The Kier molecular flexibility index (Phi) is 6.70. The van der Waals surface area contributed by atoms with E-state index in [-0.39, 0.29) is 18.7 Å². The molecule has 0 saturated carbocycles. The van der Waals surface area contributed by atoms with Gasteiger partial charge in [0.25, 0.3) is 5.56 Å². The maximum Gasteiger partial charge on any atom is 0.330 e. The molecule has 0 radical (unpaired) electrons. The van der Waals surface area contributed by atoms with E-state index in [9.17, 15) is 14.4 Å². The summed E-state index contributed by atoms with van der Waals surface area (Å²) in [6.07, 6.45) is 2.41. The van der Waals surface area contributed by atoms with Crippen LogP contribution in [0.15, 0.2) is 15.8 Å². The highest BCUT2D eigenvalue weighted by Crippen LogP contribution is 2.31. The maximum atomic E-state index is 12.1. The van der Waals surface area contributed by atoms with E-state index in [2.05, 4.69) is 4.98 Å². The monoisotopic (exact) mass is 386 g/mol. The first-order valence-corrected chi connectivity index (χ1v) is 9.78. The SMILES string of the molecule is CSCO[C@H]1C[C@H](n2cc(C)c(=O)[nH]c2=O)O[C@@H]1COC(=O)C(C)(C)C. The zero-order valence-electron chi connectivity index (χ0n) is 15.7. The van der Waals surface area contributed by atoms with Crippen LogP contribution in [-0.2, 0) is 19.0 Å². The molecule has 1 saturated heterocycles. The number of hydrogen-bond donors (Lipinski definition) is 1. The second-order valence-corrected chi connectivity index (χ2v) is 8.12. The summed E-state index contributed by atoms with van der Waals surface area (Å²) < 4.78 is 18.4. The summed E-state index contributed by atoms with van der Waals surface area (Å²) in [4.78, 5) is 37.9. The van der Waals surface area contributed by atoms with Crippen LogP contribution < -0.4 is 11.2 Å². The van der Waals surface area contributed by atoms with Crippen molar-refractivity contribution in [1.29, 1.82) is 0 Å². The molecule has 2 rings (SSSR count). The summed E-state index contributed by atoms with van der Waals surface area (Å²) in [6.45, 7) is 6.99. The van der Waals surface area contributed by atoms with E-state index in [4.69, 9.17) is 14.2 Å². The number of aryl methyl sites for hydroxylation is 1. The lowest BCUT2D eigenvalue weighted by atomic mass is 9.97. The molecule has 3 atom stereocenters. The van der Waals surface area contributed by atoms with Gasteiger partial charge in [0, 0.05) is 18.2 Å². The van der Waals surface area contributed by atoms with E-state index >= 15 is 0 Å². The van der Waals surface area contributed by atoms with E-state index in [1.54, 1.807) is 27.7 Å². The number of H-pyrrole nitrogens is 1. The minimum Gasteiger partial charge on any atom is -0.462 e. The maximum absolute atomic E-state index is 12.1. The van der Waals surface area contributed by atoms with Gasteiger partial charge < -0.3 is 14.2 Å². The number of carbonyl (C=O) groups excluding carboxylic acids is 1. The highest BCUT2D eigenvalue weighted by atomic mass is 32.2. The lowest BCUT2D eigenvalue weighted by Gasteiger charge is -2.22. The molecule has 1 aliphatic heterocycles. The minimum absolute atomic E-state index is 0.0444. The number of thioether (sulfide) groups is 1. The van der Waals surface area contributed by atoms with Gasteiger partial charge in [-0.15, -0.1) is 11.8 Å². The van der Waals surface area contributed by atoms with Gasteiger partial charge in [-0.05, 0) is 34.0 Å². The highest BCUT2D eigenvalue weighted by Gasteiger charge is 2.39. The number of rotatable bonds is 6. The van der Waals surface area contributed by atoms with Crippen LogP contribution in [0.25, 0.3) is 0 Å². The lowest BCUT2D eigenvalue weighted by Crippen LogP contribution is -2.34. The van der Waals surface area contributed by atoms with Gasteiger partial charge in [-0.2, -0.15) is 0 Å². The molecular formula is C17H26N2O6S. The van der Waals surface area contributed by atoms with Gasteiger partial charge in [0.15, 0.2) is 0 Å². The number of carbonyl (C=O) groups is 1. The van der Waals surface area contributed by atoms with Crippen LogP contribution in [0.4, 0.5) is 0 Å². The first kappa shape index (κ1) is 20.7. The normalized spacial score (nSPS) is 23.2. The van der Waals surface area contributed by atoms with Gasteiger partial charge in [0.1, 0.15) is 18.9 Å². The van der Waals surface area contributed by atoms with E-state index in [0.29, 0.717) is 17.9 Å². The summed E-state index contributed by atoms with van der Waals surface area (Å²) in [5.41, 5.74) is -1.16. The summed E-state index contributed by atoms with van der Waals surface area (Å²) in [7, 11) is 0. The van der Waals surface area contributed by atoms with Crippen molar-refractivity contribution in [2.75, 3.05) is 18.8 Å². The molecule has 146 valence electrons. The molecule has 26 heavy (non-hydrogen) atoms. The molecule has 1 N–H and O–H groups in total. The molecule has 0 amide bonds. The van der Waals surface area contributed by atoms with Crippen molar-refractivity contribution < 1.29 is 19.0 Å². The highest BCUT2D eigenvalue weighted by molar-refractivity contribution is 7.98. The number of nitrogens with zero attached hydrogens (tertiary/aromatic N) is 1. The van der Waals surface area contributed by atoms with Crippen molar-refractivity contribution in [2.24, 2.45) is 5.41 Å². The Morgan fingerprint density at radius 3 is 2.73 bits per heavy atom. The number of esters is 1. The minimum atomic E-state index is -0.611. The van der Waals surface area contributed by atoms with Gasteiger partial charge in [-0.25, -0.2) is 4.79 Å². The van der Waals surface area contributed by atoms with Crippen LogP contribution in [0, 0.1) is 12.3 Å². The van der Waals surface area contributed by atoms with Gasteiger partial charge in [-0.1, -0.05) is 0 Å². The van der Waals surface area contributed by atoms with E-state index < -0.39 is 29.0 Å². The largest absolute Gasteiger partial charge is 0.462 e. The fraction of sp³-hybridized carbons (Fsp3) is 0.706. The molecule has 0 spiro atoms. The summed E-state index contributed by atoms with van der Waals surface area (Å²) in [5, 5.41) is 0. The molecule has 9 heteroatoms. The van der Waals surface area contributed by atoms with Crippen LogP contribution in [-0.4, -0.2) is 46.5 Å². The van der Waals surface area contributed by atoms with Crippen molar-refractivity contribution in [2.45, 2.75) is 52.6 Å². The molecule has 0 unspecified atom stereocenters. The Bertz CT molecular complexity index is 751. The quantitative estimate of drug-likeness (QED) is 0.583. The average Bonchev–Trinajstić information content (AvgIpc) is 2.95. The average molecular weight is 386 g/mol. The smallest absolute Gasteiger partial charge is 0.330 e. The standard InChI is InChI=1S/C17H26N2O6S/c1-10-7-19(16(22)18-14(10)20)13-6-11(24-9-26-5)12(25-13)8-23-15(21)17(2,3)4/h7,11-13H,6,8-9H2,1-5H3,(H,18,20,22)/t11-,12+,13+/m0/s1. The third-order valence-electron chi connectivity index (χ3n) is 4.03. The van der Waals surface area contributed by atoms with Crippen LogP contribution in [0.3, 0.4) is 0 Å². The number of nitrogens with one attached hydrogen (secondary N) is 1. The fourth-order valence-electron chi connectivity index (χ4n) is 2.53. The number of hydrogen-bond acceptors (Lipinski definition) is 7. The molecule has 0 bridgehead atoms. The number of aromatic amines is 1. The van der Waals surface area contributed by atoms with Gasteiger partial charge in [-0.3, -0.25) is 19.1 Å². The predicted molar refractivity (Wildman–Crippen MR) is 98.3 cm³/mol. The molecule has 1 aliphatic rings. The Morgan fingerprint density at radius 1 is 1.42 bits per heavy atom. The zero-order chi connectivity index (χ0) is 19.5. The van der Waals surface area contributed by atoms with Crippen LogP contribution in [0.5, 0.6) is 0 Å². The Hall–Kier alpha value is -1.58. The lowest BCUT2D eigenvalue weighted by molar-refractivity contribution is -0.159. The molecule has 1 aromatic heterocycles. The first-order valence-electron chi connectivity index (χ1n) is 8.38. The van der Waals surface area contributed by atoms with Gasteiger partial charge in [0.2, 0.25) is 0 Å². The van der Waals surface area contributed by atoms with Crippen molar-refractivity contribution >= 4 is 17.7 Å². The van der Waals surface area contributed by atoms with Gasteiger partial charge in [0.05, 0.1) is 17.5 Å². The molecule has 0 aromatic carbocycles. The Morgan fingerprint density at radius 2 is 2.12 bits per heavy atom. The summed E-state index contributed by atoms with van der Waals surface area (Å²) >= 11 is 1.52. The van der Waals surface area contributed by atoms with Crippen molar-refractivity contribution in [3.8, 4) is 0 Å². The zero-order valence-corrected chi connectivity index (χ0v) is 16.6. The Balaban J connectivity index is 2.15. The Labute approximate surface area is 156 Å². The van der Waals surface area contributed by atoms with E-state index in [1.807, 2.05) is 6.26 Å². The molecule has 0 aliphatic carbocycles. The second kappa shape index (κ2) is 8.41. The van der Waals surface area contributed by atoms with Crippen LogP contribution in [0.1, 0.15) is 39.0 Å². The molecule has 1 aromatic rings. The summed E-state index contributed by atoms with van der Waals surface area (Å²) in [5.74, 6) is 0.134. The van der Waals surface area contributed by atoms with E-state index in [0.717, 1.165) is 0 Å². The van der Waals surface area contributed by atoms with Crippen molar-refractivity contribution in [3.05, 3.63) is 32.6 Å². The predicted octanol–water partition coefficient (Wildman–Crippen LogP) is 1.43.